The lowest BCUT2D eigenvalue weighted by atomic mass is 9.97. The summed E-state index contributed by atoms with van der Waals surface area (Å²) >= 11 is 0. The summed E-state index contributed by atoms with van der Waals surface area (Å²) in [6.07, 6.45) is 3.00. The van der Waals surface area contributed by atoms with Crippen LogP contribution < -0.4 is 10.1 Å². The summed E-state index contributed by atoms with van der Waals surface area (Å²) in [5.74, 6) is -0.0256. The van der Waals surface area contributed by atoms with Crippen LogP contribution in [0.1, 0.15) is 31.2 Å². The molecule has 4 rings (SSSR count). The molecule has 1 saturated carbocycles. The maximum absolute atomic E-state index is 13.0. The van der Waals surface area contributed by atoms with Crippen molar-refractivity contribution in [1.29, 1.82) is 5.26 Å². The maximum Gasteiger partial charge on any atom is 0.243 e. The molecule has 2 aromatic carbocycles. The van der Waals surface area contributed by atoms with E-state index in [0.717, 1.165) is 18.4 Å². The van der Waals surface area contributed by atoms with Gasteiger partial charge in [0.15, 0.2) is 0 Å². The lowest BCUT2D eigenvalue weighted by Crippen LogP contribution is -2.43. The zero-order valence-electron chi connectivity index (χ0n) is 17.4. The molecule has 0 aromatic heterocycles. The van der Waals surface area contributed by atoms with Crippen molar-refractivity contribution < 1.29 is 17.9 Å². The van der Waals surface area contributed by atoms with Crippen LogP contribution in [0.3, 0.4) is 0 Å². The molecular weight excluding hydrogens is 414 g/mol. The Morgan fingerprint density at radius 1 is 1.16 bits per heavy atom. The van der Waals surface area contributed by atoms with Gasteiger partial charge in [0.1, 0.15) is 5.75 Å². The zero-order valence-corrected chi connectivity index (χ0v) is 18.2. The average Bonchev–Trinajstić information content (AvgIpc) is 3.61. The van der Waals surface area contributed by atoms with Gasteiger partial charge in [0, 0.05) is 18.8 Å². The first-order valence-electron chi connectivity index (χ1n) is 10.3. The molecule has 1 atom stereocenters. The quantitative estimate of drug-likeness (QED) is 0.745. The van der Waals surface area contributed by atoms with E-state index >= 15 is 0 Å². The number of nitriles is 1. The van der Waals surface area contributed by atoms with Gasteiger partial charge in [0.25, 0.3) is 0 Å². The van der Waals surface area contributed by atoms with Crippen LogP contribution in [0.5, 0.6) is 5.75 Å². The first-order valence-corrected chi connectivity index (χ1v) is 11.8. The van der Waals surface area contributed by atoms with Gasteiger partial charge in [0.05, 0.1) is 29.4 Å². The number of nitrogens with zero attached hydrogens (tertiary/aromatic N) is 2. The van der Waals surface area contributed by atoms with Crippen LogP contribution >= 0.6 is 0 Å². The first-order chi connectivity index (χ1) is 14.9. The number of nitrogens with one attached hydrogen (secondary N) is 1. The number of methoxy groups -OCH3 is 1. The highest BCUT2D eigenvalue weighted by Gasteiger charge is 2.44. The minimum Gasteiger partial charge on any atom is -0.497 e. The van der Waals surface area contributed by atoms with Crippen molar-refractivity contribution in [2.75, 3.05) is 25.5 Å². The average molecular weight is 440 g/mol. The summed E-state index contributed by atoms with van der Waals surface area (Å²) in [5, 5.41) is 12.2. The predicted molar refractivity (Wildman–Crippen MR) is 116 cm³/mol. The second-order valence-corrected chi connectivity index (χ2v) is 10.1. The van der Waals surface area contributed by atoms with E-state index in [1.54, 1.807) is 24.3 Å². The maximum atomic E-state index is 13.0. The van der Waals surface area contributed by atoms with Gasteiger partial charge in [-0.25, -0.2) is 8.42 Å². The van der Waals surface area contributed by atoms with Crippen LogP contribution in [0.4, 0.5) is 5.69 Å². The molecule has 0 radical (unpaired) electrons. The van der Waals surface area contributed by atoms with Crippen molar-refractivity contribution in [3.8, 4) is 11.8 Å². The van der Waals surface area contributed by atoms with Crippen molar-refractivity contribution in [3.63, 3.8) is 0 Å². The Morgan fingerprint density at radius 2 is 1.84 bits per heavy atom. The minimum absolute atomic E-state index is 0.149. The van der Waals surface area contributed by atoms with E-state index < -0.39 is 15.9 Å². The van der Waals surface area contributed by atoms with Crippen molar-refractivity contribution in [1.82, 2.24) is 4.31 Å². The number of anilines is 1. The van der Waals surface area contributed by atoms with Gasteiger partial charge in [-0.05, 0) is 67.6 Å². The van der Waals surface area contributed by atoms with Crippen LogP contribution in [0.15, 0.2) is 53.4 Å². The summed E-state index contributed by atoms with van der Waals surface area (Å²) in [4.78, 5) is 13.0. The summed E-state index contributed by atoms with van der Waals surface area (Å²) in [5.41, 5.74) is 1.27. The summed E-state index contributed by atoms with van der Waals surface area (Å²) < 4.78 is 32.5. The van der Waals surface area contributed by atoms with Gasteiger partial charge in [-0.15, -0.1) is 0 Å². The Hall–Kier alpha value is -2.89. The van der Waals surface area contributed by atoms with Gasteiger partial charge in [-0.2, -0.15) is 9.57 Å². The largest absolute Gasteiger partial charge is 0.497 e. The Labute approximate surface area is 182 Å². The molecule has 162 valence electrons. The van der Waals surface area contributed by atoms with Crippen molar-refractivity contribution in [2.45, 2.75) is 36.0 Å². The minimum atomic E-state index is -3.68. The predicted octanol–water partition coefficient (Wildman–Crippen LogP) is 3.29. The van der Waals surface area contributed by atoms with E-state index in [4.69, 9.17) is 4.74 Å². The monoisotopic (exact) mass is 439 g/mol. The second kappa shape index (κ2) is 8.33. The second-order valence-electron chi connectivity index (χ2n) is 8.14. The molecule has 1 N–H and O–H groups in total. The van der Waals surface area contributed by atoms with E-state index in [1.165, 1.54) is 23.5 Å². The number of carbonyl (C=O) groups is 1. The molecule has 1 heterocycles. The number of hydrogen-bond acceptors (Lipinski definition) is 5. The van der Waals surface area contributed by atoms with E-state index in [9.17, 15) is 18.5 Å². The van der Waals surface area contributed by atoms with Crippen LogP contribution in [-0.4, -0.2) is 38.8 Å². The third-order valence-corrected chi connectivity index (χ3v) is 8.00. The Morgan fingerprint density at radius 3 is 2.42 bits per heavy atom. The van der Waals surface area contributed by atoms with Gasteiger partial charge in [-0.3, -0.25) is 4.79 Å². The fraction of sp³-hybridized carbons (Fsp3) is 0.391. The summed E-state index contributed by atoms with van der Waals surface area (Å²) in [7, 11) is -2.15. The molecule has 0 bridgehead atoms. The smallest absolute Gasteiger partial charge is 0.243 e. The highest BCUT2D eigenvalue weighted by atomic mass is 32.2. The highest BCUT2D eigenvalue weighted by molar-refractivity contribution is 7.89. The number of carbonyl (C=O) groups excluding carboxylic acids is 1. The lowest BCUT2D eigenvalue weighted by Gasteiger charge is -2.31. The summed E-state index contributed by atoms with van der Waals surface area (Å²) in [6.45, 7) is 0.541. The van der Waals surface area contributed by atoms with E-state index in [2.05, 4.69) is 11.4 Å². The molecule has 1 saturated heterocycles. The first kappa shape index (κ1) is 21.3. The number of benzene rings is 2. The topological polar surface area (TPSA) is 99.5 Å². The molecule has 1 aliphatic heterocycles. The molecule has 7 nitrogen and oxygen atoms in total. The molecule has 0 spiro atoms. The molecule has 31 heavy (non-hydrogen) atoms. The number of piperidine rings is 1. The van der Waals surface area contributed by atoms with E-state index in [1.807, 2.05) is 12.1 Å². The van der Waals surface area contributed by atoms with Crippen LogP contribution in [0.25, 0.3) is 0 Å². The molecule has 8 heteroatoms. The zero-order chi connectivity index (χ0) is 22.1. The molecule has 2 fully saturated rings. The fourth-order valence-corrected chi connectivity index (χ4v) is 5.50. The molecule has 1 unspecified atom stereocenters. The number of hydrogen-bond donors (Lipinski definition) is 1. The lowest BCUT2D eigenvalue weighted by molar-refractivity contribution is -0.120. The van der Waals surface area contributed by atoms with Crippen molar-refractivity contribution >= 4 is 21.6 Å². The Bertz CT molecular complexity index is 1100. The molecule has 2 aromatic rings. The van der Waals surface area contributed by atoms with E-state index in [0.29, 0.717) is 30.8 Å². The van der Waals surface area contributed by atoms with Crippen molar-refractivity contribution in [2.24, 2.45) is 5.92 Å². The molecular formula is C23H25N3O4S. The van der Waals surface area contributed by atoms with Crippen LogP contribution in [-0.2, 0) is 20.2 Å². The van der Waals surface area contributed by atoms with Gasteiger partial charge < -0.3 is 10.1 Å². The van der Waals surface area contributed by atoms with E-state index in [-0.39, 0.29) is 22.8 Å². The Kier molecular flexibility index (Phi) is 5.73. The number of ether oxygens (including phenoxy) is 1. The number of sulfonamides is 1. The molecule has 1 amide bonds. The van der Waals surface area contributed by atoms with Crippen molar-refractivity contribution in [3.05, 3.63) is 54.1 Å². The third-order valence-electron chi connectivity index (χ3n) is 6.12. The standard InChI is InChI=1S/C23H25N3O4S/c1-30-20-8-10-21(11-9-20)31(28,29)26-14-2-3-17(15-26)22(27)25-19-6-4-18(5-7-19)23(16-24)12-13-23/h4-11,17H,2-3,12-15H2,1H3,(H,25,27). The summed E-state index contributed by atoms with van der Waals surface area (Å²) in [6, 6.07) is 16.0. The van der Waals surface area contributed by atoms with Gasteiger partial charge in [0.2, 0.25) is 15.9 Å². The van der Waals surface area contributed by atoms with Gasteiger partial charge >= 0.3 is 0 Å². The number of amides is 1. The normalized spacial score (nSPS) is 20.5. The van der Waals surface area contributed by atoms with Crippen LogP contribution in [0.2, 0.25) is 0 Å². The SMILES string of the molecule is COc1ccc(S(=O)(=O)N2CCCC(C(=O)Nc3ccc(C4(C#N)CC4)cc3)C2)cc1. The molecule has 2 aliphatic rings. The fourth-order valence-electron chi connectivity index (χ4n) is 3.98. The number of rotatable bonds is 6. The third kappa shape index (κ3) is 4.29. The molecule has 1 aliphatic carbocycles. The Balaban J connectivity index is 1.42. The van der Waals surface area contributed by atoms with Crippen LogP contribution in [0, 0.1) is 17.2 Å². The highest BCUT2D eigenvalue weighted by Crippen LogP contribution is 2.47. The van der Waals surface area contributed by atoms with Gasteiger partial charge in [-0.1, -0.05) is 12.1 Å².